The van der Waals surface area contributed by atoms with Gasteiger partial charge in [0.15, 0.2) is 0 Å². The van der Waals surface area contributed by atoms with Crippen molar-refractivity contribution in [2.75, 3.05) is 10.1 Å². The van der Waals surface area contributed by atoms with Gasteiger partial charge in [-0.3, -0.25) is 9.40 Å². The molecule has 2 aromatic heterocycles. The van der Waals surface area contributed by atoms with Gasteiger partial charge in [-0.15, -0.1) is 0 Å². The summed E-state index contributed by atoms with van der Waals surface area (Å²) in [6, 6.07) is 2.75. The molecule has 0 saturated carbocycles. The quantitative estimate of drug-likeness (QED) is 0.545. The Morgan fingerprint density at radius 2 is 2.20 bits per heavy atom. The monoisotopic (exact) mass is 296 g/mol. The van der Waals surface area contributed by atoms with Gasteiger partial charge in [-0.25, -0.2) is 19.2 Å². The van der Waals surface area contributed by atoms with Crippen LogP contribution in [0.1, 0.15) is 12.6 Å². The molecule has 0 saturated heterocycles. The third-order valence-electron chi connectivity index (χ3n) is 2.67. The van der Waals surface area contributed by atoms with Crippen LogP contribution in [0.15, 0.2) is 29.4 Å². The average molecular weight is 296 g/mol. The van der Waals surface area contributed by atoms with Gasteiger partial charge < -0.3 is 5.43 Å². The van der Waals surface area contributed by atoms with Crippen molar-refractivity contribution in [1.82, 2.24) is 14.8 Å². The van der Waals surface area contributed by atoms with Gasteiger partial charge in [0.25, 0.3) is 10.0 Å². The first-order chi connectivity index (χ1) is 9.46. The highest BCUT2D eigenvalue weighted by Gasteiger charge is 2.18. The molecule has 2 rings (SSSR count). The molecule has 0 radical (unpaired) electrons. The van der Waals surface area contributed by atoms with Crippen LogP contribution in [-0.4, -0.2) is 23.2 Å². The Labute approximate surface area is 117 Å². The molecule has 108 valence electrons. The first-order valence-electron chi connectivity index (χ1n) is 5.94. The predicted molar refractivity (Wildman–Crippen MR) is 75.4 cm³/mol. The fourth-order valence-corrected chi connectivity index (χ4v) is 2.83. The van der Waals surface area contributed by atoms with Crippen molar-refractivity contribution in [2.24, 2.45) is 12.9 Å². The second-order valence-electron chi connectivity index (χ2n) is 4.14. The van der Waals surface area contributed by atoms with Gasteiger partial charge in [0.2, 0.25) is 0 Å². The number of hydrogen-bond acceptors (Lipinski definition) is 6. The van der Waals surface area contributed by atoms with Crippen LogP contribution in [0, 0.1) is 0 Å². The van der Waals surface area contributed by atoms with Crippen LogP contribution < -0.4 is 16.0 Å². The van der Waals surface area contributed by atoms with Gasteiger partial charge in [-0.1, -0.05) is 6.92 Å². The minimum Gasteiger partial charge on any atom is -0.308 e. The molecule has 4 N–H and O–H groups in total. The van der Waals surface area contributed by atoms with E-state index in [2.05, 4.69) is 20.2 Å². The molecule has 0 unspecified atom stereocenters. The highest BCUT2D eigenvalue weighted by Crippen LogP contribution is 2.20. The van der Waals surface area contributed by atoms with Crippen LogP contribution in [0.3, 0.4) is 0 Å². The van der Waals surface area contributed by atoms with Crippen molar-refractivity contribution in [2.45, 2.75) is 18.2 Å². The summed E-state index contributed by atoms with van der Waals surface area (Å²) >= 11 is 0. The zero-order valence-electron chi connectivity index (χ0n) is 11.2. The lowest BCUT2D eigenvalue weighted by Gasteiger charge is -2.08. The normalized spacial score (nSPS) is 11.3. The second kappa shape index (κ2) is 5.47. The number of rotatable bonds is 5. The fraction of sp³-hybridized carbons (Fsp3) is 0.273. The zero-order valence-corrected chi connectivity index (χ0v) is 12.0. The molecule has 0 atom stereocenters. The molecule has 2 heterocycles. The van der Waals surface area contributed by atoms with Crippen molar-refractivity contribution in [3.63, 3.8) is 0 Å². The summed E-state index contributed by atoms with van der Waals surface area (Å²) in [6.45, 7) is 1.91. The lowest BCUT2D eigenvalue weighted by Crippen LogP contribution is -2.15. The second-order valence-corrected chi connectivity index (χ2v) is 5.83. The summed E-state index contributed by atoms with van der Waals surface area (Å²) in [5, 5.41) is 4.19. The van der Waals surface area contributed by atoms with Gasteiger partial charge in [0.05, 0.1) is 16.3 Å². The van der Waals surface area contributed by atoms with Crippen molar-refractivity contribution < 1.29 is 8.42 Å². The van der Waals surface area contributed by atoms with Gasteiger partial charge in [-0.2, -0.15) is 5.10 Å². The van der Waals surface area contributed by atoms with Gasteiger partial charge in [0, 0.05) is 25.5 Å². The van der Waals surface area contributed by atoms with Crippen LogP contribution in [-0.2, 0) is 23.5 Å². The highest BCUT2D eigenvalue weighted by atomic mass is 32.2. The van der Waals surface area contributed by atoms with Crippen LogP contribution in [0.25, 0.3) is 0 Å². The van der Waals surface area contributed by atoms with Crippen LogP contribution in [0.2, 0.25) is 0 Å². The Hall–Kier alpha value is -2.13. The van der Waals surface area contributed by atoms with Crippen LogP contribution >= 0.6 is 0 Å². The van der Waals surface area contributed by atoms with Crippen LogP contribution in [0.5, 0.6) is 0 Å². The summed E-state index contributed by atoms with van der Waals surface area (Å²) in [6.07, 6.45) is 3.62. The van der Waals surface area contributed by atoms with E-state index in [-0.39, 0.29) is 10.7 Å². The Morgan fingerprint density at radius 1 is 1.45 bits per heavy atom. The maximum absolute atomic E-state index is 12.3. The van der Waals surface area contributed by atoms with Gasteiger partial charge in [0.1, 0.15) is 5.82 Å². The first-order valence-corrected chi connectivity index (χ1v) is 7.42. The van der Waals surface area contributed by atoms with Crippen molar-refractivity contribution in [3.8, 4) is 0 Å². The SMILES string of the molecule is CCc1nn(C)cc1NS(=O)(=O)c1ccnc(NN)c1. The summed E-state index contributed by atoms with van der Waals surface area (Å²) in [5.41, 5.74) is 3.46. The largest absolute Gasteiger partial charge is 0.308 e. The third-order valence-corrected chi connectivity index (χ3v) is 4.04. The number of nitrogens with zero attached hydrogens (tertiary/aromatic N) is 3. The van der Waals surface area contributed by atoms with E-state index in [1.54, 1.807) is 17.9 Å². The number of pyridine rings is 1. The molecule has 20 heavy (non-hydrogen) atoms. The van der Waals surface area contributed by atoms with E-state index >= 15 is 0 Å². The summed E-state index contributed by atoms with van der Waals surface area (Å²) in [5.74, 6) is 5.50. The molecule has 0 fully saturated rings. The molecular weight excluding hydrogens is 280 g/mol. The molecule has 8 nitrogen and oxygen atoms in total. The maximum Gasteiger partial charge on any atom is 0.262 e. The number of aromatic nitrogens is 3. The van der Waals surface area contributed by atoms with E-state index in [4.69, 9.17) is 5.84 Å². The first kappa shape index (κ1) is 14.3. The summed E-state index contributed by atoms with van der Waals surface area (Å²) < 4.78 is 28.7. The van der Waals surface area contributed by atoms with E-state index in [9.17, 15) is 8.42 Å². The van der Waals surface area contributed by atoms with E-state index in [1.807, 2.05) is 6.92 Å². The van der Waals surface area contributed by atoms with Crippen molar-refractivity contribution in [3.05, 3.63) is 30.2 Å². The summed E-state index contributed by atoms with van der Waals surface area (Å²) in [4.78, 5) is 3.95. The van der Waals surface area contributed by atoms with Gasteiger partial charge >= 0.3 is 0 Å². The fourth-order valence-electron chi connectivity index (χ4n) is 1.74. The number of sulfonamides is 1. The van der Waals surface area contributed by atoms with E-state index < -0.39 is 10.0 Å². The molecule has 9 heteroatoms. The molecule has 0 aliphatic rings. The number of anilines is 2. The molecule has 0 aromatic carbocycles. The number of nitrogens with one attached hydrogen (secondary N) is 2. The number of aryl methyl sites for hydroxylation is 2. The molecule has 2 aromatic rings. The molecular formula is C11H16N6O2S. The maximum atomic E-state index is 12.3. The lowest BCUT2D eigenvalue weighted by atomic mass is 10.3. The summed E-state index contributed by atoms with van der Waals surface area (Å²) in [7, 11) is -1.97. The van der Waals surface area contributed by atoms with Gasteiger partial charge in [-0.05, 0) is 12.5 Å². The molecule has 0 aliphatic carbocycles. The lowest BCUT2D eigenvalue weighted by molar-refractivity contribution is 0.601. The molecule has 0 spiro atoms. The number of nitrogens with two attached hydrogens (primary N) is 1. The van der Waals surface area contributed by atoms with Crippen molar-refractivity contribution in [1.29, 1.82) is 0 Å². The Kier molecular flexibility index (Phi) is 3.91. The standard InChI is InChI=1S/C11H16N6O2S/c1-3-9-10(7-17(2)15-9)16-20(18,19)8-4-5-13-11(6-8)14-12/h4-7,16H,3,12H2,1-2H3,(H,13,14). The smallest absolute Gasteiger partial charge is 0.262 e. The van der Waals surface area contributed by atoms with E-state index in [1.165, 1.54) is 18.3 Å². The number of hydrazine groups is 1. The minimum atomic E-state index is -3.70. The third kappa shape index (κ3) is 2.89. The van der Waals surface area contributed by atoms with Crippen molar-refractivity contribution >= 4 is 21.5 Å². The Morgan fingerprint density at radius 3 is 2.85 bits per heavy atom. The topological polar surface area (TPSA) is 115 Å². The molecule has 0 amide bonds. The Bertz CT molecular complexity index is 709. The zero-order chi connectivity index (χ0) is 14.8. The Balaban J connectivity index is 2.35. The van der Waals surface area contributed by atoms with E-state index in [0.717, 1.165) is 0 Å². The highest BCUT2D eigenvalue weighted by molar-refractivity contribution is 7.92. The number of hydrogen-bond donors (Lipinski definition) is 3. The van der Waals surface area contributed by atoms with E-state index in [0.29, 0.717) is 17.8 Å². The molecule has 0 aliphatic heterocycles. The number of nitrogen functional groups attached to an aromatic ring is 1. The minimum absolute atomic E-state index is 0.0753. The predicted octanol–water partition coefficient (Wildman–Crippen LogP) is 0.464. The molecule has 0 bridgehead atoms. The van der Waals surface area contributed by atoms with Crippen LogP contribution in [0.4, 0.5) is 11.5 Å². The average Bonchev–Trinajstić information content (AvgIpc) is 2.78.